The molecule has 0 spiro atoms. The van der Waals surface area contributed by atoms with Gasteiger partial charge in [-0.25, -0.2) is 8.42 Å². The average molecular weight is 578 g/mol. The smallest absolute Gasteiger partial charge is 0.264 e. The van der Waals surface area contributed by atoms with Gasteiger partial charge in [0.1, 0.15) is 12.6 Å². The third-order valence-corrected chi connectivity index (χ3v) is 8.98. The van der Waals surface area contributed by atoms with E-state index in [4.69, 9.17) is 0 Å². The van der Waals surface area contributed by atoms with Crippen LogP contribution in [0, 0.1) is 27.7 Å². The molecule has 0 saturated carbocycles. The van der Waals surface area contributed by atoms with Crippen LogP contribution < -0.4 is 9.62 Å². The fourth-order valence-electron chi connectivity index (χ4n) is 4.65. The summed E-state index contributed by atoms with van der Waals surface area (Å²) in [5.74, 6) is -0.680. The Labute approximate surface area is 245 Å². The van der Waals surface area contributed by atoms with Crippen LogP contribution in [0.5, 0.6) is 0 Å². The molecule has 220 valence electrons. The van der Waals surface area contributed by atoms with Gasteiger partial charge in [0.15, 0.2) is 0 Å². The quantitative estimate of drug-likeness (QED) is 0.259. The van der Waals surface area contributed by atoms with Gasteiger partial charge in [-0.1, -0.05) is 79.9 Å². The van der Waals surface area contributed by atoms with E-state index in [0.717, 1.165) is 40.7 Å². The number of hydrogen-bond acceptors (Lipinski definition) is 4. The van der Waals surface area contributed by atoms with Gasteiger partial charge in [0.25, 0.3) is 10.0 Å². The molecule has 3 aromatic rings. The van der Waals surface area contributed by atoms with E-state index in [2.05, 4.69) is 5.32 Å². The molecular formula is C33H43N3O4S. The van der Waals surface area contributed by atoms with Crippen LogP contribution in [0.3, 0.4) is 0 Å². The van der Waals surface area contributed by atoms with Gasteiger partial charge in [0.05, 0.1) is 10.6 Å². The fourth-order valence-corrected chi connectivity index (χ4v) is 6.13. The molecular weight excluding hydrogens is 534 g/mol. The lowest BCUT2D eigenvalue weighted by Gasteiger charge is -2.33. The number of carbonyl (C=O) groups is 2. The second-order valence-electron chi connectivity index (χ2n) is 10.7. The van der Waals surface area contributed by atoms with Crippen molar-refractivity contribution in [2.45, 2.75) is 78.3 Å². The zero-order valence-corrected chi connectivity index (χ0v) is 25.9. The molecule has 0 unspecified atom stereocenters. The summed E-state index contributed by atoms with van der Waals surface area (Å²) in [6.07, 6.45) is 2.16. The van der Waals surface area contributed by atoms with Crippen LogP contribution in [0.1, 0.15) is 60.9 Å². The Hall–Kier alpha value is -3.65. The number of nitrogens with zero attached hydrogens (tertiary/aromatic N) is 2. The summed E-state index contributed by atoms with van der Waals surface area (Å²) in [6, 6.07) is 19.2. The van der Waals surface area contributed by atoms with Gasteiger partial charge in [0.2, 0.25) is 11.8 Å². The van der Waals surface area contributed by atoms with Crippen molar-refractivity contribution in [2.75, 3.05) is 17.4 Å². The van der Waals surface area contributed by atoms with Gasteiger partial charge >= 0.3 is 0 Å². The van der Waals surface area contributed by atoms with Crippen molar-refractivity contribution in [3.8, 4) is 0 Å². The first-order valence-electron chi connectivity index (χ1n) is 14.3. The summed E-state index contributed by atoms with van der Waals surface area (Å²) in [5, 5.41) is 2.96. The number of benzene rings is 3. The molecule has 0 aliphatic rings. The van der Waals surface area contributed by atoms with Gasteiger partial charge in [-0.05, 0) is 75.4 Å². The van der Waals surface area contributed by atoms with Crippen LogP contribution in [-0.4, -0.2) is 44.3 Å². The zero-order valence-electron chi connectivity index (χ0n) is 25.1. The molecule has 0 fully saturated rings. The lowest BCUT2D eigenvalue weighted by atomic mass is 10.1. The largest absolute Gasteiger partial charge is 0.354 e. The van der Waals surface area contributed by atoms with Crippen molar-refractivity contribution < 1.29 is 18.0 Å². The van der Waals surface area contributed by atoms with Crippen molar-refractivity contribution in [3.63, 3.8) is 0 Å². The van der Waals surface area contributed by atoms with E-state index in [1.54, 1.807) is 30.3 Å². The van der Waals surface area contributed by atoms with Gasteiger partial charge in [0, 0.05) is 13.1 Å². The van der Waals surface area contributed by atoms with Crippen LogP contribution >= 0.6 is 0 Å². The molecule has 8 heteroatoms. The summed E-state index contributed by atoms with van der Waals surface area (Å²) >= 11 is 0. The molecule has 3 aromatic carbocycles. The maximum Gasteiger partial charge on any atom is 0.264 e. The predicted octanol–water partition coefficient (Wildman–Crippen LogP) is 5.84. The molecule has 0 saturated heterocycles. The molecule has 0 aliphatic heterocycles. The molecule has 2 amide bonds. The maximum atomic E-state index is 14.2. The summed E-state index contributed by atoms with van der Waals surface area (Å²) < 4.78 is 29.4. The highest BCUT2D eigenvalue weighted by Crippen LogP contribution is 2.29. The van der Waals surface area contributed by atoms with Gasteiger partial charge in [-0.2, -0.15) is 0 Å². The summed E-state index contributed by atoms with van der Waals surface area (Å²) in [7, 11) is -4.10. The summed E-state index contributed by atoms with van der Waals surface area (Å²) in [4.78, 5) is 29.1. The third kappa shape index (κ3) is 8.19. The van der Waals surface area contributed by atoms with E-state index in [9.17, 15) is 18.0 Å². The van der Waals surface area contributed by atoms with Crippen LogP contribution in [0.25, 0.3) is 0 Å². The van der Waals surface area contributed by atoms with Crippen molar-refractivity contribution in [3.05, 3.63) is 94.5 Å². The zero-order chi connectivity index (χ0) is 30.2. The second-order valence-corrected chi connectivity index (χ2v) is 12.6. The van der Waals surface area contributed by atoms with E-state index in [-0.39, 0.29) is 17.3 Å². The number of amides is 2. The fraction of sp³-hybridized carbons (Fsp3) is 0.394. The Bertz CT molecular complexity index is 1430. The molecule has 0 aliphatic carbocycles. The first kappa shape index (κ1) is 31.9. The number of carbonyl (C=O) groups excluding carboxylic acids is 2. The minimum Gasteiger partial charge on any atom is -0.354 e. The first-order valence-corrected chi connectivity index (χ1v) is 15.7. The monoisotopic (exact) mass is 577 g/mol. The minimum absolute atomic E-state index is 0.103. The maximum absolute atomic E-state index is 14.2. The predicted molar refractivity (Wildman–Crippen MR) is 165 cm³/mol. The Balaban J connectivity index is 2.07. The van der Waals surface area contributed by atoms with Crippen molar-refractivity contribution in [1.82, 2.24) is 10.2 Å². The van der Waals surface area contributed by atoms with Crippen molar-refractivity contribution >= 4 is 27.5 Å². The van der Waals surface area contributed by atoms with E-state index in [0.29, 0.717) is 18.7 Å². The number of anilines is 1. The molecule has 1 atom stereocenters. The molecule has 7 nitrogen and oxygen atoms in total. The second kappa shape index (κ2) is 14.3. The highest BCUT2D eigenvalue weighted by molar-refractivity contribution is 7.92. The standard InChI is InChI=1S/C33H43N3O4S/c1-7-9-20-34-33(38)30(8-2)35(22-28-16-11-24(3)12-17-28)32(37)23-36(31-21-26(5)10-15-27(31)6)41(39,40)29-18-13-25(4)14-19-29/h10-19,21,30H,7-9,20,22-23H2,1-6H3,(H,34,38)/t30-/m1/s1. The Morgan fingerprint density at radius 2 is 1.41 bits per heavy atom. The molecule has 3 rings (SSSR count). The van der Waals surface area contributed by atoms with Crippen molar-refractivity contribution in [1.29, 1.82) is 0 Å². The molecule has 0 heterocycles. The Morgan fingerprint density at radius 1 is 0.829 bits per heavy atom. The number of nitrogens with one attached hydrogen (secondary N) is 1. The normalized spacial score (nSPS) is 12.0. The third-order valence-electron chi connectivity index (χ3n) is 7.21. The number of hydrogen-bond donors (Lipinski definition) is 1. The molecule has 0 aromatic heterocycles. The average Bonchev–Trinajstić information content (AvgIpc) is 2.94. The number of rotatable bonds is 13. The molecule has 41 heavy (non-hydrogen) atoms. The first-order chi connectivity index (χ1) is 19.5. The molecule has 0 radical (unpaired) electrons. The van der Waals surface area contributed by atoms with Crippen LogP contribution in [0.4, 0.5) is 5.69 Å². The molecule has 1 N–H and O–H groups in total. The van der Waals surface area contributed by atoms with Gasteiger partial charge in [-0.3, -0.25) is 13.9 Å². The van der Waals surface area contributed by atoms with Crippen LogP contribution in [-0.2, 0) is 26.2 Å². The Morgan fingerprint density at radius 3 is 2.00 bits per heavy atom. The Kier molecular flexibility index (Phi) is 11.1. The topological polar surface area (TPSA) is 86.8 Å². The lowest BCUT2D eigenvalue weighted by Crippen LogP contribution is -2.52. The number of unbranched alkanes of at least 4 members (excludes halogenated alkanes) is 1. The summed E-state index contributed by atoms with van der Waals surface area (Å²) in [6.45, 7) is 11.8. The van der Waals surface area contributed by atoms with E-state index < -0.39 is 28.5 Å². The highest BCUT2D eigenvalue weighted by atomic mass is 32.2. The number of sulfonamides is 1. The van der Waals surface area contributed by atoms with Crippen LogP contribution in [0.2, 0.25) is 0 Å². The SMILES string of the molecule is CCCCNC(=O)[C@@H](CC)N(Cc1ccc(C)cc1)C(=O)CN(c1cc(C)ccc1C)S(=O)(=O)c1ccc(C)cc1. The van der Waals surface area contributed by atoms with E-state index >= 15 is 0 Å². The van der Waals surface area contributed by atoms with Crippen LogP contribution in [0.15, 0.2) is 71.6 Å². The van der Waals surface area contributed by atoms with E-state index in [1.807, 2.05) is 77.9 Å². The molecule has 0 bridgehead atoms. The lowest BCUT2D eigenvalue weighted by molar-refractivity contribution is -0.140. The van der Waals surface area contributed by atoms with Gasteiger partial charge in [-0.15, -0.1) is 0 Å². The van der Waals surface area contributed by atoms with Crippen molar-refractivity contribution in [2.24, 2.45) is 0 Å². The highest BCUT2D eigenvalue weighted by Gasteiger charge is 2.34. The van der Waals surface area contributed by atoms with E-state index in [1.165, 1.54) is 9.21 Å². The number of aryl methyl sites for hydroxylation is 4. The van der Waals surface area contributed by atoms with Gasteiger partial charge < -0.3 is 10.2 Å². The summed E-state index contributed by atoms with van der Waals surface area (Å²) in [5.41, 5.74) is 4.93. The minimum atomic E-state index is -4.10.